The zero-order chi connectivity index (χ0) is 21.5. The first-order valence-electron chi connectivity index (χ1n) is 9.94. The minimum absolute atomic E-state index is 0.0330. The van der Waals surface area contributed by atoms with Crippen LogP contribution in [0.1, 0.15) is 57.7 Å². The zero-order valence-corrected chi connectivity index (χ0v) is 17.4. The van der Waals surface area contributed by atoms with Crippen LogP contribution in [0.25, 0.3) is 0 Å². The number of carbonyl (C=O) groups excluding carboxylic acids is 2. The van der Waals surface area contributed by atoms with Crippen molar-refractivity contribution in [3.63, 3.8) is 0 Å². The summed E-state index contributed by atoms with van der Waals surface area (Å²) in [7, 11) is 0. The van der Waals surface area contributed by atoms with E-state index in [2.05, 4.69) is 4.37 Å². The Morgan fingerprint density at radius 1 is 1.10 bits per heavy atom. The normalized spacial score (nSPS) is 17.7. The highest BCUT2D eigenvalue weighted by atomic mass is 32.1. The van der Waals surface area contributed by atoms with Crippen LogP contribution in [0.3, 0.4) is 0 Å². The molecule has 0 aliphatic carbocycles. The summed E-state index contributed by atoms with van der Waals surface area (Å²) in [6, 6.07) is 5.69. The van der Waals surface area contributed by atoms with Gasteiger partial charge in [0.05, 0.1) is 5.56 Å². The van der Waals surface area contributed by atoms with Crippen LogP contribution in [0.5, 0.6) is 0 Å². The Kier molecular flexibility index (Phi) is 5.57. The molecule has 2 aromatic rings. The van der Waals surface area contributed by atoms with E-state index in [0.29, 0.717) is 56.7 Å². The Morgan fingerprint density at radius 2 is 1.80 bits per heavy atom. The van der Waals surface area contributed by atoms with Gasteiger partial charge in [-0.3, -0.25) is 9.59 Å². The van der Waals surface area contributed by atoms with Crippen molar-refractivity contribution >= 4 is 23.3 Å². The minimum Gasteiger partial charge on any atom is -0.338 e. The van der Waals surface area contributed by atoms with Crippen LogP contribution in [-0.4, -0.2) is 45.6 Å². The first-order chi connectivity index (χ1) is 14.3. The van der Waals surface area contributed by atoms with Gasteiger partial charge in [-0.2, -0.15) is 17.5 Å². The van der Waals surface area contributed by atoms with Gasteiger partial charge in [0.1, 0.15) is 5.69 Å². The van der Waals surface area contributed by atoms with Gasteiger partial charge in [0.15, 0.2) is 0 Å². The third-order valence-corrected chi connectivity index (χ3v) is 6.91. The number of likely N-dealkylation sites (tertiary alicyclic amines) is 1. The number of fused-ring (bicyclic) bond motifs is 1. The fraction of sp³-hybridized carbons (Fsp3) is 0.476. The molecule has 2 aliphatic rings. The first kappa shape index (κ1) is 20.8. The molecule has 30 heavy (non-hydrogen) atoms. The number of hydrogen-bond acceptors (Lipinski definition) is 4. The molecule has 2 amide bonds. The lowest BCUT2D eigenvalue weighted by Gasteiger charge is -2.33. The summed E-state index contributed by atoms with van der Waals surface area (Å²) in [5.74, 6) is -0.459. The molecular weight excluding hydrogens is 415 g/mol. The Bertz CT molecular complexity index is 965. The topological polar surface area (TPSA) is 53.5 Å². The van der Waals surface area contributed by atoms with Crippen molar-refractivity contribution in [3.05, 3.63) is 51.5 Å². The summed E-state index contributed by atoms with van der Waals surface area (Å²) in [6.45, 7) is 3.30. The van der Waals surface area contributed by atoms with E-state index in [1.54, 1.807) is 15.9 Å². The SMILES string of the molecule is CC(=O)N1CCc2snc(C(=O)N3CCC(c4ccccc4C(F)(F)F)CC3)c2C1. The molecule has 1 aromatic heterocycles. The molecule has 0 saturated carbocycles. The second-order valence-corrected chi connectivity index (χ2v) is 8.63. The maximum absolute atomic E-state index is 13.3. The molecule has 9 heteroatoms. The van der Waals surface area contributed by atoms with E-state index in [1.807, 2.05) is 0 Å². The highest BCUT2D eigenvalue weighted by molar-refractivity contribution is 7.06. The molecule has 1 aromatic carbocycles. The van der Waals surface area contributed by atoms with Gasteiger partial charge in [-0.25, -0.2) is 0 Å². The summed E-state index contributed by atoms with van der Waals surface area (Å²) in [5.41, 5.74) is 0.916. The van der Waals surface area contributed by atoms with Crippen molar-refractivity contribution < 1.29 is 22.8 Å². The smallest absolute Gasteiger partial charge is 0.338 e. The summed E-state index contributed by atoms with van der Waals surface area (Å²) in [6.07, 6.45) is -2.74. The average molecular weight is 437 g/mol. The van der Waals surface area contributed by atoms with Crippen molar-refractivity contribution in [3.8, 4) is 0 Å². The van der Waals surface area contributed by atoms with Gasteiger partial charge in [0.2, 0.25) is 5.91 Å². The quantitative estimate of drug-likeness (QED) is 0.711. The number of halogens is 3. The van der Waals surface area contributed by atoms with Crippen molar-refractivity contribution in [1.82, 2.24) is 14.2 Å². The van der Waals surface area contributed by atoms with Gasteiger partial charge < -0.3 is 9.80 Å². The van der Waals surface area contributed by atoms with E-state index in [1.165, 1.54) is 30.6 Å². The van der Waals surface area contributed by atoms with Crippen LogP contribution in [0.2, 0.25) is 0 Å². The number of alkyl halides is 3. The van der Waals surface area contributed by atoms with E-state index < -0.39 is 11.7 Å². The molecule has 0 spiro atoms. The molecule has 0 bridgehead atoms. The van der Waals surface area contributed by atoms with Crippen molar-refractivity contribution in [2.24, 2.45) is 0 Å². The van der Waals surface area contributed by atoms with Crippen molar-refractivity contribution in [2.75, 3.05) is 19.6 Å². The lowest BCUT2D eigenvalue weighted by atomic mass is 9.86. The fourth-order valence-electron chi connectivity index (χ4n) is 4.30. The summed E-state index contributed by atoms with van der Waals surface area (Å²) in [5, 5.41) is 0. The molecule has 4 rings (SSSR count). The number of piperidine rings is 1. The van der Waals surface area contributed by atoms with Gasteiger partial charge in [0, 0.05) is 50.0 Å². The molecular formula is C21H22F3N3O2S. The van der Waals surface area contributed by atoms with Crippen molar-refractivity contribution in [1.29, 1.82) is 0 Å². The largest absolute Gasteiger partial charge is 0.416 e. The lowest BCUT2D eigenvalue weighted by molar-refractivity contribution is -0.138. The fourth-order valence-corrected chi connectivity index (χ4v) is 5.14. The van der Waals surface area contributed by atoms with E-state index >= 15 is 0 Å². The van der Waals surface area contributed by atoms with Gasteiger partial charge in [-0.15, -0.1) is 0 Å². The number of carbonyl (C=O) groups is 2. The van der Waals surface area contributed by atoms with E-state index in [9.17, 15) is 22.8 Å². The Labute approximate surface area is 176 Å². The van der Waals surface area contributed by atoms with Crippen LogP contribution < -0.4 is 0 Å². The number of aromatic nitrogens is 1. The molecule has 0 unspecified atom stereocenters. The van der Waals surface area contributed by atoms with E-state index in [0.717, 1.165) is 16.5 Å². The molecule has 3 heterocycles. The Balaban J connectivity index is 1.47. The van der Waals surface area contributed by atoms with Crippen LogP contribution in [0.15, 0.2) is 24.3 Å². The van der Waals surface area contributed by atoms with E-state index in [-0.39, 0.29) is 17.7 Å². The minimum atomic E-state index is -4.38. The van der Waals surface area contributed by atoms with E-state index in [4.69, 9.17) is 0 Å². The molecule has 5 nitrogen and oxygen atoms in total. The molecule has 160 valence electrons. The zero-order valence-electron chi connectivity index (χ0n) is 16.5. The van der Waals surface area contributed by atoms with Gasteiger partial charge in [-0.05, 0) is 41.9 Å². The number of nitrogens with zero attached hydrogens (tertiary/aromatic N) is 3. The van der Waals surface area contributed by atoms with Gasteiger partial charge in [-0.1, -0.05) is 18.2 Å². The van der Waals surface area contributed by atoms with Crippen molar-refractivity contribution in [2.45, 2.75) is 44.8 Å². The molecule has 0 N–H and O–H groups in total. The number of rotatable bonds is 2. The standard InChI is InChI=1S/C21H22F3N3O2S/c1-13(28)27-11-8-18-16(12-27)19(25-30-18)20(29)26-9-6-14(7-10-26)15-4-2-3-5-17(15)21(22,23)24/h2-5,14H,6-12H2,1H3. The molecule has 0 atom stereocenters. The predicted molar refractivity (Wildman–Crippen MR) is 106 cm³/mol. The first-order valence-corrected chi connectivity index (χ1v) is 10.7. The monoisotopic (exact) mass is 437 g/mol. The second-order valence-electron chi connectivity index (χ2n) is 7.77. The average Bonchev–Trinajstić information content (AvgIpc) is 3.16. The molecule has 2 aliphatic heterocycles. The summed E-state index contributed by atoms with van der Waals surface area (Å²) < 4.78 is 44.4. The van der Waals surface area contributed by atoms with Crippen LogP contribution in [0.4, 0.5) is 13.2 Å². The number of benzene rings is 1. The molecule has 0 radical (unpaired) electrons. The highest BCUT2D eigenvalue weighted by Gasteiger charge is 2.37. The van der Waals surface area contributed by atoms with Gasteiger partial charge >= 0.3 is 6.18 Å². The van der Waals surface area contributed by atoms with Crippen LogP contribution in [0, 0.1) is 0 Å². The number of hydrogen-bond donors (Lipinski definition) is 0. The number of amides is 2. The highest BCUT2D eigenvalue weighted by Crippen LogP contribution is 2.39. The maximum atomic E-state index is 13.3. The van der Waals surface area contributed by atoms with Gasteiger partial charge in [0.25, 0.3) is 5.91 Å². The Morgan fingerprint density at radius 3 is 2.47 bits per heavy atom. The third-order valence-electron chi connectivity index (χ3n) is 5.96. The lowest BCUT2D eigenvalue weighted by Crippen LogP contribution is -2.40. The predicted octanol–water partition coefficient (Wildman–Crippen LogP) is 4.09. The third kappa shape index (κ3) is 3.95. The van der Waals surface area contributed by atoms with Crippen LogP contribution >= 0.6 is 11.5 Å². The van der Waals surface area contributed by atoms with Crippen LogP contribution in [-0.2, 0) is 23.9 Å². The maximum Gasteiger partial charge on any atom is 0.416 e. The summed E-state index contributed by atoms with van der Waals surface area (Å²) in [4.78, 5) is 29.2. The second kappa shape index (κ2) is 8.02. The molecule has 1 saturated heterocycles. The molecule has 1 fully saturated rings. The Hall–Kier alpha value is -2.42. The summed E-state index contributed by atoms with van der Waals surface area (Å²) >= 11 is 1.30.